The first kappa shape index (κ1) is 11.5. The third kappa shape index (κ3) is 2.98. The van der Waals surface area contributed by atoms with Gasteiger partial charge in [0.2, 0.25) is 0 Å². The Morgan fingerprint density at radius 3 is 3.25 bits per heavy atom. The van der Waals surface area contributed by atoms with E-state index in [0.717, 1.165) is 19.5 Å². The van der Waals surface area contributed by atoms with E-state index in [1.54, 1.807) is 11.3 Å². The molecule has 0 aromatic carbocycles. The van der Waals surface area contributed by atoms with Crippen LogP contribution >= 0.6 is 11.3 Å². The highest BCUT2D eigenvalue weighted by Gasteiger charge is 2.20. The summed E-state index contributed by atoms with van der Waals surface area (Å²) in [6, 6.07) is 2.13. The Labute approximate surface area is 100 Å². The van der Waals surface area contributed by atoms with Crippen LogP contribution < -0.4 is 5.32 Å². The van der Waals surface area contributed by atoms with Gasteiger partial charge in [0.15, 0.2) is 0 Å². The number of urea groups is 1. The maximum atomic E-state index is 11.9. The van der Waals surface area contributed by atoms with Crippen LogP contribution in [0.1, 0.15) is 25.3 Å². The van der Waals surface area contributed by atoms with Crippen molar-refractivity contribution in [1.82, 2.24) is 10.2 Å². The third-order valence-electron chi connectivity index (χ3n) is 2.97. The van der Waals surface area contributed by atoms with Gasteiger partial charge in [0, 0.05) is 19.6 Å². The molecule has 1 aliphatic heterocycles. The van der Waals surface area contributed by atoms with Gasteiger partial charge in [0.25, 0.3) is 0 Å². The molecule has 2 rings (SSSR count). The maximum Gasteiger partial charge on any atom is 0.317 e. The van der Waals surface area contributed by atoms with Crippen LogP contribution in [0.2, 0.25) is 0 Å². The summed E-state index contributed by atoms with van der Waals surface area (Å²) in [5.41, 5.74) is 1.18. The smallest absolute Gasteiger partial charge is 0.317 e. The molecule has 16 heavy (non-hydrogen) atoms. The minimum atomic E-state index is 0.0813. The largest absolute Gasteiger partial charge is 0.334 e. The fourth-order valence-electron chi connectivity index (χ4n) is 2.06. The van der Waals surface area contributed by atoms with Crippen LogP contribution in [0.4, 0.5) is 4.79 Å². The number of rotatable bonds is 2. The molecule has 2 amide bonds. The van der Waals surface area contributed by atoms with Crippen LogP contribution in [-0.2, 0) is 6.54 Å². The number of carbonyl (C=O) groups excluding carboxylic acids is 1. The van der Waals surface area contributed by atoms with Gasteiger partial charge >= 0.3 is 6.03 Å². The van der Waals surface area contributed by atoms with E-state index in [2.05, 4.69) is 17.6 Å². The first-order valence-corrected chi connectivity index (χ1v) is 6.74. The molecule has 1 aromatic heterocycles. The van der Waals surface area contributed by atoms with Crippen molar-refractivity contribution in [3.63, 3.8) is 0 Å². The molecular formula is C12H18N2OS. The van der Waals surface area contributed by atoms with Gasteiger partial charge in [0.1, 0.15) is 0 Å². The number of likely N-dealkylation sites (tertiary alicyclic amines) is 1. The van der Waals surface area contributed by atoms with E-state index < -0.39 is 0 Å². The first-order chi connectivity index (χ1) is 7.75. The SMILES string of the molecule is CC1CCCN(C(=O)NCc2ccsc2)C1. The molecule has 88 valence electrons. The van der Waals surface area contributed by atoms with Crippen molar-refractivity contribution in [1.29, 1.82) is 0 Å². The Balaban J connectivity index is 1.79. The van der Waals surface area contributed by atoms with Crippen LogP contribution in [0.15, 0.2) is 16.8 Å². The summed E-state index contributed by atoms with van der Waals surface area (Å²) in [6.45, 7) is 4.65. The van der Waals surface area contributed by atoms with Gasteiger partial charge in [-0.25, -0.2) is 4.79 Å². The fraction of sp³-hybridized carbons (Fsp3) is 0.583. The van der Waals surface area contributed by atoms with E-state index in [1.165, 1.54) is 12.0 Å². The van der Waals surface area contributed by atoms with Crippen molar-refractivity contribution in [2.24, 2.45) is 5.92 Å². The molecule has 3 nitrogen and oxygen atoms in total. The Hall–Kier alpha value is -1.03. The van der Waals surface area contributed by atoms with Crippen LogP contribution in [0.5, 0.6) is 0 Å². The van der Waals surface area contributed by atoms with Gasteiger partial charge in [-0.1, -0.05) is 6.92 Å². The summed E-state index contributed by atoms with van der Waals surface area (Å²) in [6.07, 6.45) is 2.38. The predicted molar refractivity (Wildman–Crippen MR) is 66.5 cm³/mol. The van der Waals surface area contributed by atoms with E-state index in [9.17, 15) is 4.79 Å². The first-order valence-electron chi connectivity index (χ1n) is 5.79. The van der Waals surface area contributed by atoms with Crippen LogP contribution in [0.25, 0.3) is 0 Å². The Morgan fingerprint density at radius 2 is 2.56 bits per heavy atom. The van der Waals surface area contributed by atoms with Crippen LogP contribution in [-0.4, -0.2) is 24.0 Å². The number of carbonyl (C=O) groups is 1. The van der Waals surface area contributed by atoms with Gasteiger partial charge in [-0.3, -0.25) is 0 Å². The number of hydrogen-bond acceptors (Lipinski definition) is 2. The molecule has 0 bridgehead atoms. The average Bonchev–Trinajstić information content (AvgIpc) is 2.78. The van der Waals surface area contributed by atoms with Gasteiger partial charge in [-0.15, -0.1) is 0 Å². The summed E-state index contributed by atoms with van der Waals surface area (Å²) < 4.78 is 0. The van der Waals surface area contributed by atoms with E-state index in [0.29, 0.717) is 12.5 Å². The molecule has 1 aliphatic rings. The number of nitrogens with zero attached hydrogens (tertiary/aromatic N) is 1. The molecule has 0 saturated carbocycles. The zero-order valence-corrected chi connectivity index (χ0v) is 10.4. The maximum absolute atomic E-state index is 11.9. The van der Waals surface area contributed by atoms with Gasteiger partial charge in [0.05, 0.1) is 0 Å². The molecule has 1 fully saturated rings. The average molecular weight is 238 g/mol. The topological polar surface area (TPSA) is 32.3 Å². The second kappa shape index (κ2) is 5.34. The minimum Gasteiger partial charge on any atom is -0.334 e. The second-order valence-electron chi connectivity index (χ2n) is 4.48. The number of thiophene rings is 1. The zero-order valence-electron chi connectivity index (χ0n) is 9.61. The Morgan fingerprint density at radius 1 is 1.69 bits per heavy atom. The molecule has 1 unspecified atom stereocenters. The summed E-state index contributed by atoms with van der Waals surface area (Å²) >= 11 is 1.66. The second-order valence-corrected chi connectivity index (χ2v) is 5.26. The molecule has 0 radical (unpaired) electrons. The number of amides is 2. The highest BCUT2D eigenvalue weighted by atomic mass is 32.1. The quantitative estimate of drug-likeness (QED) is 0.844. The fourth-order valence-corrected chi connectivity index (χ4v) is 2.73. The van der Waals surface area contributed by atoms with E-state index in [-0.39, 0.29) is 6.03 Å². The summed E-state index contributed by atoms with van der Waals surface area (Å²) in [5.74, 6) is 0.639. The molecule has 2 heterocycles. The monoisotopic (exact) mass is 238 g/mol. The standard InChI is InChI=1S/C12H18N2OS/c1-10-3-2-5-14(8-10)12(15)13-7-11-4-6-16-9-11/h4,6,9-10H,2-3,5,7-8H2,1H3,(H,13,15). The van der Waals surface area contributed by atoms with Gasteiger partial charge < -0.3 is 10.2 Å². The predicted octanol–water partition coefficient (Wildman–Crippen LogP) is 2.69. The molecular weight excluding hydrogens is 220 g/mol. The minimum absolute atomic E-state index is 0.0813. The highest BCUT2D eigenvalue weighted by Crippen LogP contribution is 2.15. The molecule has 1 aromatic rings. The summed E-state index contributed by atoms with van der Waals surface area (Å²) in [7, 11) is 0. The lowest BCUT2D eigenvalue weighted by molar-refractivity contribution is 0.169. The van der Waals surface area contributed by atoms with E-state index in [1.807, 2.05) is 16.3 Å². The Kier molecular flexibility index (Phi) is 3.83. The number of nitrogens with one attached hydrogen (secondary N) is 1. The molecule has 0 aliphatic carbocycles. The van der Waals surface area contributed by atoms with Crippen molar-refractivity contribution in [3.8, 4) is 0 Å². The van der Waals surface area contributed by atoms with Crippen molar-refractivity contribution in [2.45, 2.75) is 26.3 Å². The number of piperidine rings is 1. The summed E-state index contributed by atoms with van der Waals surface area (Å²) in [4.78, 5) is 13.8. The highest BCUT2D eigenvalue weighted by molar-refractivity contribution is 7.07. The van der Waals surface area contributed by atoms with E-state index >= 15 is 0 Å². The van der Waals surface area contributed by atoms with E-state index in [4.69, 9.17) is 0 Å². The van der Waals surface area contributed by atoms with Crippen LogP contribution in [0.3, 0.4) is 0 Å². The lowest BCUT2D eigenvalue weighted by Crippen LogP contribution is -2.44. The normalized spacial score (nSPS) is 20.8. The summed E-state index contributed by atoms with van der Waals surface area (Å²) in [5, 5.41) is 7.07. The molecule has 0 spiro atoms. The molecule has 4 heteroatoms. The van der Waals surface area contributed by atoms with Gasteiger partial charge in [-0.05, 0) is 41.1 Å². The number of hydrogen-bond donors (Lipinski definition) is 1. The van der Waals surface area contributed by atoms with Crippen molar-refractivity contribution in [3.05, 3.63) is 22.4 Å². The Bertz CT molecular complexity index is 337. The van der Waals surface area contributed by atoms with Crippen molar-refractivity contribution in [2.75, 3.05) is 13.1 Å². The molecule has 1 atom stereocenters. The molecule has 1 N–H and O–H groups in total. The zero-order chi connectivity index (χ0) is 11.4. The third-order valence-corrected chi connectivity index (χ3v) is 3.70. The van der Waals surface area contributed by atoms with Gasteiger partial charge in [-0.2, -0.15) is 11.3 Å². The van der Waals surface area contributed by atoms with Crippen molar-refractivity contribution >= 4 is 17.4 Å². The van der Waals surface area contributed by atoms with Crippen molar-refractivity contribution < 1.29 is 4.79 Å². The lowest BCUT2D eigenvalue weighted by Gasteiger charge is -2.30. The molecule has 1 saturated heterocycles. The van der Waals surface area contributed by atoms with Crippen LogP contribution in [0, 0.1) is 5.92 Å². The lowest BCUT2D eigenvalue weighted by atomic mass is 10.0.